The number of hydrogen-bond acceptors (Lipinski definition) is 4. The van der Waals surface area contributed by atoms with Crippen molar-refractivity contribution in [3.63, 3.8) is 0 Å². The van der Waals surface area contributed by atoms with Gasteiger partial charge in [0.05, 0.1) is 11.5 Å². The summed E-state index contributed by atoms with van der Waals surface area (Å²) in [6, 6.07) is 1.90. The van der Waals surface area contributed by atoms with E-state index in [0.717, 1.165) is 12.8 Å². The van der Waals surface area contributed by atoms with Crippen LogP contribution in [0.2, 0.25) is 0 Å². The molecule has 21 heavy (non-hydrogen) atoms. The van der Waals surface area contributed by atoms with Crippen molar-refractivity contribution in [1.82, 2.24) is 14.2 Å². The van der Waals surface area contributed by atoms with Gasteiger partial charge in [0.25, 0.3) is 0 Å². The van der Waals surface area contributed by atoms with E-state index >= 15 is 0 Å². The van der Waals surface area contributed by atoms with Crippen LogP contribution >= 0.6 is 0 Å². The number of aliphatic hydroxyl groups is 1. The summed E-state index contributed by atoms with van der Waals surface area (Å²) in [6.45, 7) is 4.13. The molecule has 0 spiro atoms. The number of rotatable bonds is 7. The highest BCUT2D eigenvalue weighted by atomic mass is 32.2. The van der Waals surface area contributed by atoms with E-state index < -0.39 is 10.0 Å². The molecule has 0 amide bonds. The predicted octanol–water partition coefficient (Wildman–Crippen LogP) is 0.934. The molecule has 2 N–H and O–H groups in total. The third-order valence-corrected chi connectivity index (χ3v) is 5.59. The Hall–Kier alpha value is -0.890. The summed E-state index contributed by atoms with van der Waals surface area (Å²) in [7, 11) is 0.284. The van der Waals surface area contributed by atoms with E-state index in [0.29, 0.717) is 18.3 Å². The van der Waals surface area contributed by atoms with Gasteiger partial charge in [-0.3, -0.25) is 0 Å². The summed E-state index contributed by atoms with van der Waals surface area (Å²) in [4.78, 5) is 2.21. The molecular formula is C14H25N3O3S. The molecule has 1 heterocycles. The largest absolute Gasteiger partial charge is 0.390 e. The van der Waals surface area contributed by atoms with Crippen molar-refractivity contribution in [2.24, 2.45) is 0 Å². The van der Waals surface area contributed by atoms with Crippen molar-refractivity contribution in [2.75, 3.05) is 20.6 Å². The number of nitrogens with zero attached hydrogens (tertiary/aromatic N) is 2. The summed E-state index contributed by atoms with van der Waals surface area (Å²) < 4.78 is 29.3. The van der Waals surface area contributed by atoms with E-state index in [4.69, 9.17) is 0 Å². The number of aromatic nitrogens is 1. The first-order valence-electron chi connectivity index (χ1n) is 7.16. The van der Waals surface area contributed by atoms with Crippen molar-refractivity contribution in [2.45, 2.75) is 49.8 Å². The number of nitrogens with one attached hydrogen (secondary N) is 1. The maximum atomic E-state index is 12.4. The number of aliphatic hydroxyl groups excluding tert-OH is 1. The second-order valence-electron chi connectivity index (χ2n) is 6.50. The van der Waals surface area contributed by atoms with Crippen LogP contribution in [0.3, 0.4) is 0 Å². The molecular weight excluding hydrogens is 290 g/mol. The molecule has 0 saturated heterocycles. The van der Waals surface area contributed by atoms with E-state index in [1.54, 1.807) is 12.3 Å². The normalized spacial score (nSPS) is 16.7. The minimum atomic E-state index is -3.55. The van der Waals surface area contributed by atoms with Gasteiger partial charge in [-0.25, -0.2) is 13.1 Å². The zero-order valence-corrected chi connectivity index (χ0v) is 13.9. The lowest BCUT2D eigenvalue weighted by Gasteiger charge is -2.32. The second kappa shape index (κ2) is 5.72. The first kappa shape index (κ1) is 16.5. The lowest BCUT2D eigenvalue weighted by molar-refractivity contribution is 0.199. The summed E-state index contributed by atoms with van der Waals surface area (Å²) in [5, 5.41) is 9.36. The Labute approximate surface area is 126 Å². The van der Waals surface area contributed by atoms with Gasteiger partial charge in [0.1, 0.15) is 0 Å². The van der Waals surface area contributed by atoms with Crippen LogP contribution in [-0.4, -0.2) is 49.2 Å². The fourth-order valence-corrected chi connectivity index (χ4v) is 3.23. The van der Waals surface area contributed by atoms with E-state index in [1.165, 1.54) is 0 Å². The SMILES string of the molecule is CN(C)C(C)(C)CNS(=O)(=O)c1cc(CO)n(C2CC2)c1. The van der Waals surface area contributed by atoms with Crippen LogP contribution < -0.4 is 4.72 Å². The zero-order valence-electron chi connectivity index (χ0n) is 13.1. The van der Waals surface area contributed by atoms with Crippen LogP contribution in [0.15, 0.2) is 17.2 Å². The van der Waals surface area contributed by atoms with Crippen LogP contribution in [0, 0.1) is 0 Å². The molecule has 120 valence electrons. The minimum absolute atomic E-state index is 0.144. The lowest BCUT2D eigenvalue weighted by Crippen LogP contribution is -2.48. The van der Waals surface area contributed by atoms with Gasteiger partial charge in [0, 0.05) is 30.0 Å². The molecule has 1 aliphatic carbocycles. The van der Waals surface area contributed by atoms with Crippen LogP contribution in [0.1, 0.15) is 38.4 Å². The molecule has 2 rings (SSSR count). The summed E-state index contributed by atoms with van der Waals surface area (Å²) >= 11 is 0. The quantitative estimate of drug-likeness (QED) is 0.785. The van der Waals surface area contributed by atoms with E-state index in [2.05, 4.69) is 4.72 Å². The number of sulfonamides is 1. The summed E-state index contributed by atoms with van der Waals surface area (Å²) in [5.74, 6) is 0. The number of likely N-dealkylation sites (N-methyl/N-ethyl adjacent to an activating group) is 1. The Kier molecular flexibility index (Phi) is 4.49. The van der Waals surface area contributed by atoms with Crippen LogP contribution in [-0.2, 0) is 16.6 Å². The Morgan fingerprint density at radius 1 is 1.43 bits per heavy atom. The van der Waals surface area contributed by atoms with Crippen molar-refractivity contribution in [3.8, 4) is 0 Å². The Morgan fingerprint density at radius 2 is 2.05 bits per heavy atom. The highest BCUT2D eigenvalue weighted by molar-refractivity contribution is 7.89. The Balaban J connectivity index is 2.16. The van der Waals surface area contributed by atoms with Gasteiger partial charge in [-0.2, -0.15) is 0 Å². The van der Waals surface area contributed by atoms with Crippen molar-refractivity contribution < 1.29 is 13.5 Å². The molecule has 1 aromatic rings. The summed E-state index contributed by atoms with van der Waals surface area (Å²) in [5.41, 5.74) is 0.385. The van der Waals surface area contributed by atoms with Gasteiger partial charge in [-0.1, -0.05) is 0 Å². The topological polar surface area (TPSA) is 74.6 Å². The number of hydrogen-bond donors (Lipinski definition) is 2. The monoisotopic (exact) mass is 315 g/mol. The van der Waals surface area contributed by atoms with Gasteiger partial charge in [0.2, 0.25) is 10.0 Å². The zero-order chi connectivity index (χ0) is 15.8. The standard InChI is InChI=1S/C14H25N3O3S/c1-14(2,16(3)4)10-15-21(19,20)13-7-12(9-18)17(8-13)11-5-6-11/h7-8,11,15,18H,5-6,9-10H2,1-4H3. The van der Waals surface area contributed by atoms with Crippen LogP contribution in [0.25, 0.3) is 0 Å². The molecule has 6 nitrogen and oxygen atoms in total. The highest BCUT2D eigenvalue weighted by Crippen LogP contribution is 2.37. The van der Waals surface area contributed by atoms with E-state index in [9.17, 15) is 13.5 Å². The molecule has 0 radical (unpaired) electrons. The molecule has 1 aliphatic rings. The van der Waals surface area contributed by atoms with Crippen molar-refractivity contribution >= 4 is 10.0 Å². The van der Waals surface area contributed by atoms with Gasteiger partial charge < -0.3 is 14.6 Å². The third kappa shape index (κ3) is 3.66. The first-order valence-corrected chi connectivity index (χ1v) is 8.64. The fraction of sp³-hybridized carbons (Fsp3) is 0.714. The predicted molar refractivity (Wildman–Crippen MR) is 81.6 cm³/mol. The molecule has 0 aliphatic heterocycles. The summed E-state index contributed by atoms with van der Waals surface area (Å²) in [6.07, 6.45) is 3.72. The smallest absolute Gasteiger partial charge is 0.242 e. The van der Waals surface area contributed by atoms with Crippen molar-refractivity contribution in [1.29, 1.82) is 0 Å². The molecule has 1 aromatic heterocycles. The highest BCUT2D eigenvalue weighted by Gasteiger charge is 2.29. The van der Waals surface area contributed by atoms with Gasteiger partial charge >= 0.3 is 0 Å². The maximum Gasteiger partial charge on any atom is 0.242 e. The average molecular weight is 315 g/mol. The Morgan fingerprint density at radius 3 is 2.52 bits per heavy atom. The van der Waals surface area contributed by atoms with Gasteiger partial charge in [-0.05, 0) is 46.9 Å². The molecule has 0 aromatic carbocycles. The van der Waals surface area contributed by atoms with E-state index in [1.807, 2.05) is 37.4 Å². The second-order valence-corrected chi connectivity index (χ2v) is 8.26. The van der Waals surface area contributed by atoms with E-state index in [-0.39, 0.29) is 17.0 Å². The molecule has 1 fully saturated rings. The first-order chi connectivity index (χ1) is 9.67. The molecule has 0 atom stereocenters. The lowest BCUT2D eigenvalue weighted by atomic mass is 10.1. The fourth-order valence-electron chi connectivity index (χ4n) is 1.98. The van der Waals surface area contributed by atoms with Crippen molar-refractivity contribution in [3.05, 3.63) is 18.0 Å². The third-order valence-electron chi connectivity index (χ3n) is 4.22. The average Bonchev–Trinajstić information content (AvgIpc) is 3.15. The molecule has 0 bridgehead atoms. The minimum Gasteiger partial charge on any atom is -0.390 e. The molecule has 7 heteroatoms. The van der Waals surface area contributed by atoms with Crippen LogP contribution in [0.4, 0.5) is 0 Å². The molecule has 1 saturated carbocycles. The van der Waals surface area contributed by atoms with Crippen LogP contribution in [0.5, 0.6) is 0 Å². The van der Waals surface area contributed by atoms with Gasteiger partial charge in [-0.15, -0.1) is 0 Å². The Bertz CT molecular complexity index is 601. The molecule has 0 unspecified atom stereocenters. The van der Waals surface area contributed by atoms with Gasteiger partial charge in [0.15, 0.2) is 0 Å². The maximum absolute atomic E-state index is 12.4.